The molecule has 6 nitrogen and oxygen atoms in total. The van der Waals surface area contributed by atoms with Crippen LogP contribution in [0.5, 0.6) is 11.5 Å². The van der Waals surface area contributed by atoms with Gasteiger partial charge >= 0.3 is 0 Å². The van der Waals surface area contributed by atoms with E-state index in [1.54, 1.807) is 7.11 Å². The minimum atomic E-state index is -0.267. The van der Waals surface area contributed by atoms with E-state index in [4.69, 9.17) is 9.47 Å². The number of carbonyl (C=O) groups is 2. The third-order valence-corrected chi connectivity index (χ3v) is 5.54. The van der Waals surface area contributed by atoms with E-state index in [0.717, 1.165) is 42.8 Å². The Morgan fingerprint density at radius 3 is 2.30 bits per heavy atom. The van der Waals surface area contributed by atoms with Crippen LogP contribution in [0.25, 0.3) is 5.57 Å². The van der Waals surface area contributed by atoms with Gasteiger partial charge in [0, 0.05) is 18.7 Å². The molecule has 4 rings (SSSR count). The van der Waals surface area contributed by atoms with Crippen LogP contribution in [-0.4, -0.2) is 48.4 Å². The Bertz CT molecular complexity index is 975. The lowest BCUT2D eigenvalue weighted by atomic mass is 10.0. The van der Waals surface area contributed by atoms with Crippen molar-refractivity contribution in [1.29, 1.82) is 0 Å². The molecule has 2 aliphatic heterocycles. The average molecular weight is 406 g/mol. The molecule has 0 spiro atoms. The number of nitrogens with zero attached hydrogens (tertiary/aromatic N) is 2. The van der Waals surface area contributed by atoms with E-state index in [0.29, 0.717) is 23.6 Å². The topological polar surface area (TPSA) is 59.1 Å². The summed E-state index contributed by atoms with van der Waals surface area (Å²) >= 11 is 0. The third kappa shape index (κ3) is 3.65. The lowest BCUT2D eigenvalue weighted by Gasteiger charge is -2.20. The molecule has 1 fully saturated rings. The molecule has 2 amide bonds. The summed E-state index contributed by atoms with van der Waals surface area (Å²) < 4.78 is 10.9. The second kappa shape index (κ2) is 8.61. The number of imide groups is 1. The number of likely N-dealkylation sites (tertiary alicyclic amines) is 1. The van der Waals surface area contributed by atoms with Crippen LogP contribution in [0.1, 0.15) is 30.9 Å². The molecule has 0 saturated carbocycles. The summed E-state index contributed by atoms with van der Waals surface area (Å²) in [5.41, 5.74) is 2.52. The highest BCUT2D eigenvalue weighted by Gasteiger charge is 2.42. The Kier molecular flexibility index (Phi) is 5.74. The third-order valence-electron chi connectivity index (χ3n) is 5.54. The first-order chi connectivity index (χ1) is 14.6. The molecule has 0 atom stereocenters. The highest BCUT2D eigenvalue weighted by Crippen LogP contribution is 2.35. The summed E-state index contributed by atoms with van der Waals surface area (Å²) in [6.07, 6.45) is 2.04. The second-order valence-electron chi connectivity index (χ2n) is 7.38. The van der Waals surface area contributed by atoms with Crippen LogP contribution < -0.4 is 9.47 Å². The van der Waals surface area contributed by atoms with Crippen molar-refractivity contribution >= 4 is 17.4 Å². The quantitative estimate of drug-likeness (QED) is 0.659. The van der Waals surface area contributed by atoms with Crippen molar-refractivity contribution < 1.29 is 19.1 Å². The zero-order valence-electron chi connectivity index (χ0n) is 17.4. The van der Waals surface area contributed by atoms with Gasteiger partial charge in [-0.05, 0) is 43.5 Å². The van der Waals surface area contributed by atoms with Crippen molar-refractivity contribution in [3.63, 3.8) is 0 Å². The van der Waals surface area contributed by atoms with Crippen LogP contribution in [0.3, 0.4) is 0 Å². The first-order valence-electron chi connectivity index (χ1n) is 10.3. The number of benzene rings is 2. The summed E-state index contributed by atoms with van der Waals surface area (Å²) in [5, 5.41) is 0. The van der Waals surface area contributed by atoms with Gasteiger partial charge in [0.2, 0.25) is 0 Å². The maximum absolute atomic E-state index is 13.4. The molecule has 0 N–H and O–H groups in total. The normalized spacial score (nSPS) is 16.6. The summed E-state index contributed by atoms with van der Waals surface area (Å²) in [6.45, 7) is 4.26. The number of ether oxygens (including phenoxy) is 2. The van der Waals surface area contributed by atoms with Gasteiger partial charge in [-0.15, -0.1) is 0 Å². The van der Waals surface area contributed by atoms with E-state index in [2.05, 4.69) is 0 Å². The van der Waals surface area contributed by atoms with Gasteiger partial charge in [0.15, 0.2) is 0 Å². The summed E-state index contributed by atoms with van der Waals surface area (Å²) in [7, 11) is 1.59. The van der Waals surface area contributed by atoms with Crippen LogP contribution in [-0.2, 0) is 16.1 Å². The largest absolute Gasteiger partial charge is 0.496 e. The molecule has 0 bridgehead atoms. The maximum Gasteiger partial charge on any atom is 0.278 e. The van der Waals surface area contributed by atoms with Crippen LogP contribution >= 0.6 is 0 Å². The fourth-order valence-electron chi connectivity index (χ4n) is 4.09. The summed E-state index contributed by atoms with van der Waals surface area (Å²) in [6, 6.07) is 14.9. The first-order valence-corrected chi connectivity index (χ1v) is 10.3. The molecule has 2 aromatic carbocycles. The van der Waals surface area contributed by atoms with Crippen molar-refractivity contribution in [2.75, 3.05) is 26.8 Å². The van der Waals surface area contributed by atoms with Crippen LogP contribution in [0, 0.1) is 0 Å². The molecule has 156 valence electrons. The second-order valence-corrected chi connectivity index (χ2v) is 7.38. The van der Waals surface area contributed by atoms with Crippen molar-refractivity contribution in [3.05, 3.63) is 65.4 Å². The Morgan fingerprint density at radius 2 is 1.63 bits per heavy atom. The van der Waals surface area contributed by atoms with E-state index < -0.39 is 0 Å². The predicted molar refractivity (Wildman–Crippen MR) is 114 cm³/mol. The molecule has 2 aromatic rings. The summed E-state index contributed by atoms with van der Waals surface area (Å²) in [5.74, 6) is 0.899. The van der Waals surface area contributed by atoms with E-state index in [1.165, 1.54) is 4.90 Å². The number of amides is 2. The highest BCUT2D eigenvalue weighted by molar-refractivity contribution is 6.35. The monoisotopic (exact) mass is 406 g/mol. The lowest BCUT2D eigenvalue weighted by Crippen LogP contribution is -2.34. The van der Waals surface area contributed by atoms with Crippen LogP contribution in [0.2, 0.25) is 0 Å². The molecule has 0 aliphatic carbocycles. The SMILES string of the molecule is CCOc1ccc(C2=C(N3CCCC3)C(=O)N(Cc3ccccc3OC)C2=O)cc1. The fraction of sp³-hybridized carbons (Fsp3) is 0.333. The highest BCUT2D eigenvalue weighted by atomic mass is 16.5. The molecular formula is C24H26N2O4. The van der Waals surface area contributed by atoms with Crippen molar-refractivity contribution in [2.45, 2.75) is 26.3 Å². The fourth-order valence-corrected chi connectivity index (χ4v) is 4.09. The molecule has 0 aromatic heterocycles. The van der Waals surface area contributed by atoms with Gasteiger partial charge in [0.05, 0.1) is 25.8 Å². The maximum atomic E-state index is 13.4. The van der Waals surface area contributed by atoms with Crippen molar-refractivity contribution in [3.8, 4) is 11.5 Å². The van der Waals surface area contributed by atoms with E-state index in [-0.39, 0.29) is 18.4 Å². The minimum Gasteiger partial charge on any atom is -0.496 e. The molecule has 2 aliphatic rings. The molecule has 1 saturated heterocycles. The Hall–Kier alpha value is -3.28. The zero-order valence-corrected chi connectivity index (χ0v) is 17.4. The molecule has 0 radical (unpaired) electrons. The van der Waals surface area contributed by atoms with Gasteiger partial charge in [-0.1, -0.05) is 30.3 Å². The zero-order chi connectivity index (χ0) is 21.1. The number of hydrogen-bond donors (Lipinski definition) is 0. The van der Waals surface area contributed by atoms with E-state index >= 15 is 0 Å². The average Bonchev–Trinajstić information content (AvgIpc) is 3.37. The first kappa shape index (κ1) is 20.0. The Morgan fingerprint density at radius 1 is 0.933 bits per heavy atom. The van der Waals surface area contributed by atoms with E-state index in [9.17, 15) is 9.59 Å². The standard InChI is InChI=1S/C24H26N2O4/c1-3-30-19-12-10-17(11-13-19)21-22(25-14-6-7-15-25)24(28)26(23(21)27)16-18-8-4-5-9-20(18)29-2/h4-5,8-13H,3,6-7,14-16H2,1-2H3. The van der Waals surface area contributed by atoms with E-state index in [1.807, 2.05) is 60.4 Å². The minimum absolute atomic E-state index is 0.180. The van der Waals surface area contributed by atoms with Crippen molar-refractivity contribution in [2.24, 2.45) is 0 Å². The number of methoxy groups -OCH3 is 1. The van der Waals surface area contributed by atoms with Gasteiger partial charge in [-0.2, -0.15) is 0 Å². The summed E-state index contributed by atoms with van der Waals surface area (Å²) in [4.78, 5) is 30.2. The van der Waals surface area contributed by atoms with Crippen molar-refractivity contribution in [1.82, 2.24) is 9.80 Å². The van der Waals surface area contributed by atoms with Gasteiger partial charge in [0.1, 0.15) is 17.2 Å². The van der Waals surface area contributed by atoms with Crippen LogP contribution in [0.15, 0.2) is 54.2 Å². The number of hydrogen-bond acceptors (Lipinski definition) is 5. The number of carbonyl (C=O) groups excluding carboxylic acids is 2. The van der Waals surface area contributed by atoms with Gasteiger partial charge in [-0.25, -0.2) is 0 Å². The molecule has 6 heteroatoms. The molecule has 30 heavy (non-hydrogen) atoms. The van der Waals surface area contributed by atoms with Gasteiger partial charge in [-0.3, -0.25) is 14.5 Å². The number of rotatable bonds is 7. The Labute approximate surface area is 176 Å². The predicted octanol–water partition coefficient (Wildman–Crippen LogP) is 3.47. The van der Waals surface area contributed by atoms with Crippen LogP contribution in [0.4, 0.5) is 0 Å². The number of para-hydroxylation sites is 1. The van der Waals surface area contributed by atoms with Gasteiger partial charge < -0.3 is 14.4 Å². The molecule has 0 unspecified atom stereocenters. The Balaban J connectivity index is 1.71. The van der Waals surface area contributed by atoms with Gasteiger partial charge in [0.25, 0.3) is 11.8 Å². The smallest absolute Gasteiger partial charge is 0.278 e. The molecule has 2 heterocycles. The lowest BCUT2D eigenvalue weighted by molar-refractivity contribution is -0.138. The molecular weight excluding hydrogens is 380 g/mol.